The van der Waals surface area contributed by atoms with Crippen LogP contribution in [0.25, 0.3) is 0 Å². The van der Waals surface area contributed by atoms with Crippen molar-refractivity contribution >= 4 is 17.8 Å². The molecule has 0 N–H and O–H groups in total. The first-order valence-electron chi connectivity index (χ1n) is 7.44. The number of hydrazone groups is 1. The summed E-state index contributed by atoms with van der Waals surface area (Å²) < 4.78 is 11.1. The Balaban J connectivity index is 1.97. The molecule has 0 bridgehead atoms. The Hall–Kier alpha value is -3.15. The predicted molar refractivity (Wildman–Crippen MR) is 87.1 cm³/mol. The number of amides is 1. The van der Waals surface area contributed by atoms with Crippen molar-refractivity contribution in [3.05, 3.63) is 65.7 Å². The van der Waals surface area contributed by atoms with Crippen molar-refractivity contribution in [2.45, 2.75) is 20.1 Å². The largest absolute Gasteiger partial charge is 0.446 e. The maximum atomic E-state index is 12.0. The van der Waals surface area contributed by atoms with Gasteiger partial charge in [-0.25, -0.2) is 0 Å². The van der Waals surface area contributed by atoms with E-state index in [2.05, 4.69) is 5.10 Å². The fourth-order valence-corrected chi connectivity index (χ4v) is 2.40. The van der Waals surface area contributed by atoms with Gasteiger partial charge in [0.1, 0.15) is 5.75 Å². The summed E-state index contributed by atoms with van der Waals surface area (Å²) in [6.45, 7) is 2.73. The van der Waals surface area contributed by atoms with E-state index in [9.17, 15) is 9.59 Å². The molecule has 1 amide bonds. The Morgan fingerprint density at radius 1 is 1.04 bits per heavy atom. The number of nitrogens with zero attached hydrogens (tertiary/aromatic N) is 2. The fraction of sp³-hybridized carbons (Fsp3) is 0.167. The van der Waals surface area contributed by atoms with E-state index >= 15 is 0 Å². The molecule has 0 aliphatic carbocycles. The van der Waals surface area contributed by atoms with E-state index in [1.165, 1.54) is 18.9 Å². The second kappa shape index (κ2) is 6.54. The molecule has 6 heteroatoms. The number of carbonyl (C=O) groups is 2. The molecule has 2 aromatic rings. The van der Waals surface area contributed by atoms with Crippen LogP contribution in [-0.2, 0) is 14.3 Å². The molecular formula is C18H16N2O4. The second-order valence-electron chi connectivity index (χ2n) is 5.24. The van der Waals surface area contributed by atoms with Gasteiger partial charge in [0.2, 0.25) is 18.0 Å². The summed E-state index contributed by atoms with van der Waals surface area (Å²) in [5, 5.41) is 5.51. The second-order valence-corrected chi connectivity index (χ2v) is 5.24. The van der Waals surface area contributed by atoms with Gasteiger partial charge in [-0.2, -0.15) is 5.01 Å². The summed E-state index contributed by atoms with van der Waals surface area (Å²) in [5.41, 5.74) is 1.31. The summed E-state index contributed by atoms with van der Waals surface area (Å²) >= 11 is 0. The van der Waals surface area contributed by atoms with E-state index in [1.807, 2.05) is 30.3 Å². The third-order valence-corrected chi connectivity index (χ3v) is 3.43. The average molecular weight is 324 g/mol. The Kier molecular flexibility index (Phi) is 4.29. The standard InChI is InChI=1S/C18H16N2O4/c1-12(21)20-18(15-10-6-7-11-16(15)23-13(2)22)24-17(19-20)14-8-4-3-5-9-14/h3-11,18H,1-2H3/t18-/m1/s1. The molecule has 0 fully saturated rings. The van der Waals surface area contributed by atoms with Crippen molar-refractivity contribution in [1.29, 1.82) is 0 Å². The summed E-state index contributed by atoms with van der Waals surface area (Å²) in [6, 6.07) is 16.2. The lowest BCUT2D eigenvalue weighted by Crippen LogP contribution is -2.26. The maximum absolute atomic E-state index is 12.0. The zero-order valence-electron chi connectivity index (χ0n) is 13.3. The summed E-state index contributed by atoms with van der Waals surface area (Å²) in [7, 11) is 0. The zero-order valence-corrected chi connectivity index (χ0v) is 13.3. The van der Waals surface area contributed by atoms with Crippen molar-refractivity contribution in [3.8, 4) is 5.75 Å². The highest BCUT2D eigenvalue weighted by Crippen LogP contribution is 2.35. The van der Waals surface area contributed by atoms with Crippen LogP contribution in [0.5, 0.6) is 5.75 Å². The van der Waals surface area contributed by atoms with Gasteiger partial charge in [0.15, 0.2) is 0 Å². The molecule has 2 aromatic carbocycles. The highest BCUT2D eigenvalue weighted by atomic mass is 16.5. The summed E-state index contributed by atoms with van der Waals surface area (Å²) in [4.78, 5) is 23.3. The molecule has 1 heterocycles. The van der Waals surface area contributed by atoms with Crippen molar-refractivity contribution in [2.24, 2.45) is 5.10 Å². The minimum atomic E-state index is -0.784. The minimum absolute atomic E-state index is 0.274. The van der Waals surface area contributed by atoms with Gasteiger partial charge in [-0.1, -0.05) is 30.3 Å². The Bertz CT molecular complexity index is 802. The van der Waals surface area contributed by atoms with Crippen molar-refractivity contribution < 1.29 is 19.1 Å². The van der Waals surface area contributed by atoms with E-state index in [-0.39, 0.29) is 5.91 Å². The number of benzene rings is 2. The quantitative estimate of drug-likeness (QED) is 0.643. The number of esters is 1. The van der Waals surface area contributed by atoms with Gasteiger partial charge in [0, 0.05) is 19.4 Å². The smallest absolute Gasteiger partial charge is 0.308 e. The van der Waals surface area contributed by atoms with Gasteiger partial charge in [-0.05, 0) is 24.3 Å². The predicted octanol–water partition coefficient (Wildman–Crippen LogP) is 2.85. The van der Waals surface area contributed by atoms with E-state index in [0.29, 0.717) is 17.2 Å². The van der Waals surface area contributed by atoms with Crippen LogP contribution in [-0.4, -0.2) is 22.8 Å². The molecule has 0 spiro atoms. The molecule has 0 saturated heterocycles. The molecule has 0 aromatic heterocycles. The number of hydrogen-bond donors (Lipinski definition) is 0. The highest BCUT2D eigenvalue weighted by molar-refractivity contribution is 5.96. The molecule has 0 saturated carbocycles. The van der Waals surface area contributed by atoms with Crippen LogP contribution in [0.3, 0.4) is 0 Å². The van der Waals surface area contributed by atoms with Crippen LogP contribution < -0.4 is 4.74 Å². The molecule has 1 aliphatic heterocycles. The van der Waals surface area contributed by atoms with E-state index < -0.39 is 12.2 Å². The van der Waals surface area contributed by atoms with Crippen molar-refractivity contribution in [3.63, 3.8) is 0 Å². The van der Waals surface area contributed by atoms with E-state index in [1.54, 1.807) is 24.3 Å². The average Bonchev–Trinajstić information content (AvgIpc) is 3.01. The normalized spacial score (nSPS) is 16.3. The molecular weight excluding hydrogens is 308 g/mol. The third-order valence-electron chi connectivity index (χ3n) is 3.43. The monoisotopic (exact) mass is 324 g/mol. The van der Waals surface area contributed by atoms with Crippen LogP contribution in [0.4, 0.5) is 0 Å². The van der Waals surface area contributed by atoms with Crippen molar-refractivity contribution in [2.75, 3.05) is 0 Å². The first kappa shape index (κ1) is 15.7. The third kappa shape index (κ3) is 3.12. The summed E-state index contributed by atoms with van der Waals surface area (Å²) in [5.74, 6) is -0.0400. The Morgan fingerprint density at radius 3 is 2.38 bits per heavy atom. The zero-order chi connectivity index (χ0) is 17.1. The van der Waals surface area contributed by atoms with Crippen LogP contribution in [0, 0.1) is 0 Å². The first-order valence-corrected chi connectivity index (χ1v) is 7.44. The van der Waals surface area contributed by atoms with Gasteiger partial charge < -0.3 is 9.47 Å². The van der Waals surface area contributed by atoms with Crippen molar-refractivity contribution in [1.82, 2.24) is 5.01 Å². The molecule has 3 rings (SSSR count). The van der Waals surface area contributed by atoms with Gasteiger partial charge in [-0.15, -0.1) is 5.10 Å². The number of ether oxygens (including phenoxy) is 2. The van der Waals surface area contributed by atoms with Gasteiger partial charge in [-0.3, -0.25) is 9.59 Å². The molecule has 0 unspecified atom stereocenters. The molecule has 0 radical (unpaired) electrons. The lowest BCUT2D eigenvalue weighted by Gasteiger charge is -2.21. The molecule has 1 atom stereocenters. The Labute approximate surface area is 139 Å². The van der Waals surface area contributed by atoms with Crippen LogP contribution in [0.15, 0.2) is 59.7 Å². The minimum Gasteiger partial charge on any atom is -0.446 e. The molecule has 24 heavy (non-hydrogen) atoms. The number of carbonyl (C=O) groups excluding carboxylic acids is 2. The topological polar surface area (TPSA) is 68.2 Å². The first-order chi connectivity index (χ1) is 11.6. The molecule has 1 aliphatic rings. The molecule has 6 nitrogen and oxygen atoms in total. The number of para-hydroxylation sites is 1. The van der Waals surface area contributed by atoms with E-state index in [0.717, 1.165) is 5.56 Å². The summed E-state index contributed by atoms with van der Waals surface area (Å²) in [6.07, 6.45) is -0.784. The molecule has 122 valence electrons. The number of hydrogen-bond acceptors (Lipinski definition) is 5. The van der Waals surface area contributed by atoms with Gasteiger partial charge in [0.05, 0.1) is 5.56 Å². The fourth-order valence-electron chi connectivity index (χ4n) is 2.40. The Morgan fingerprint density at radius 2 is 1.71 bits per heavy atom. The van der Waals surface area contributed by atoms with Crippen LogP contribution in [0.1, 0.15) is 31.2 Å². The lowest BCUT2D eigenvalue weighted by molar-refractivity contribution is -0.135. The van der Waals surface area contributed by atoms with Gasteiger partial charge in [0.25, 0.3) is 0 Å². The van der Waals surface area contributed by atoms with Crippen LogP contribution >= 0.6 is 0 Å². The van der Waals surface area contributed by atoms with Gasteiger partial charge >= 0.3 is 5.97 Å². The highest BCUT2D eigenvalue weighted by Gasteiger charge is 2.35. The number of rotatable bonds is 3. The lowest BCUT2D eigenvalue weighted by atomic mass is 10.1. The van der Waals surface area contributed by atoms with Crippen LogP contribution in [0.2, 0.25) is 0 Å². The maximum Gasteiger partial charge on any atom is 0.308 e. The SMILES string of the molecule is CC(=O)Oc1ccccc1[C@H]1OC(c2ccccc2)=NN1C(C)=O. The van der Waals surface area contributed by atoms with E-state index in [4.69, 9.17) is 9.47 Å².